The lowest BCUT2D eigenvalue weighted by atomic mass is 10.2. The first-order valence-corrected chi connectivity index (χ1v) is 10.0. The van der Waals surface area contributed by atoms with Crippen LogP contribution in [0.1, 0.15) is 4.88 Å². The summed E-state index contributed by atoms with van der Waals surface area (Å²) in [7, 11) is 0. The number of allylic oxidation sites excluding steroid dienone is 1. The Bertz CT molecular complexity index is 1210. The van der Waals surface area contributed by atoms with E-state index in [0.29, 0.717) is 0 Å². The Morgan fingerprint density at radius 3 is 2.25 bits per heavy atom. The molecule has 3 heterocycles. The van der Waals surface area contributed by atoms with Gasteiger partial charge in [0.15, 0.2) is 0 Å². The third-order valence-electron chi connectivity index (χ3n) is 4.15. The fourth-order valence-electron chi connectivity index (χ4n) is 2.91. The number of nitriles is 2. The van der Waals surface area contributed by atoms with Gasteiger partial charge < -0.3 is 4.57 Å². The summed E-state index contributed by atoms with van der Waals surface area (Å²) in [6, 6.07) is 22.2. The Balaban J connectivity index is 1.86. The van der Waals surface area contributed by atoms with Gasteiger partial charge in [-0.2, -0.15) is 10.5 Å². The van der Waals surface area contributed by atoms with Crippen LogP contribution in [0.2, 0.25) is 0 Å². The van der Waals surface area contributed by atoms with Crippen LogP contribution < -0.4 is 0 Å². The van der Waals surface area contributed by atoms with E-state index < -0.39 is 0 Å². The molecule has 134 valence electrons. The van der Waals surface area contributed by atoms with Crippen molar-refractivity contribution < 1.29 is 4.39 Å². The molecule has 0 saturated carbocycles. The molecule has 0 saturated heterocycles. The number of hydrogen-bond donors (Lipinski definition) is 0. The van der Waals surface area contributed by atoms with Crippen molar-refractivity contribution in [2.24, 2.45) is 0 Å². The minimum Gasteiger partial charge on any atom is -0.308 e. The van der Waals surface area contributed by atoms with Gasteiger partial charge in [-0.15, -0.1) is 22.7 Å². The molecule has 4 aromatic rings. The molecule has 28 heavy (non-hydrogen) atoms. The fourth-order valence-corrected chi connectivity index (χ4v) is 4.62. The van der Waals surface area contributed by atoms with Crippen molar-refractivity contribution in [3.05, 3.63) is 82.3 Å². The molecule has 0 spiro atoms. The summed E-state index contributed by atoms with van der Waals surface area (Å²) in [6.07, 6.45) is 1.58. The lowest BCUT2D eigenvalue weighted by Gasteiger charge is -2.12. The van der Waals surface area contributed by atoms with E-state index in [0.717, 1.165) is 31.7 Å². The molecule has 0 N–H and O–H groups in total. The second-order valence-corrected chi connectivity index (χ2v) is 7.94. The van der Waals surface area contributed by atoms with E-state index in [1.165, 1.54) is 23.5 Å². The zero-order valence-corrected chi connectivity index (χ0v) is 16.1. The summed E-state index contributed by atoms with van der Waals surface area (Å²) >= 11 is 3.14. The maximum absolute atomic E-state index is 13.5. The molecule has 0 radical (unpaired) electrons. The molecule has 0 aliphatic rings. The van der Waals surface area contributed by atoms with Crippen LogP contribution in [0.3, 0.4) is 0 Å². The first-order chi connectivity index (χ1) is 13.7. The monoisotopic (exact) mass is 401 g/mol. The van der Waals surface area contributed by atoms with E-state index in [4.69, 9.17) is 10.5 Å². The van der Waals surface area contributed by atoms with Crippen LogP contribution in [0.25, 0.3) is 32.9 Å². The summed E-state index contributed by atoms with van der Waals surface area (Å²) in [5.74, 6) is -0.279. The van der Waals surface area contributed by atoms with Crippen LogP contribution in [0, 0.1) is 28.5 Å². The van der Waals surface area contributed by atoms with Gasteiger partial charge in [0.05, 0.1) is 21.1 Å². The highest BCUT2D eigenvalue weighted by molar-refractivity contribution is 7.16. The summed E-state index contributed by atoms with van der Waals surface area (Å²) in [4.78, 5) is 2.94. The van der Waals surface area contributed by atoms with Gasteiger partial charge in [0.1, 0.15) is 23.5 Å². The average molecular weight is 401 g/mol. The molecule has 0 atom stereocenters. The molecule has 0 unspecified atom stereocenters. The lowest BCUT2D eigenvalue weighted by molar-refractivity contribution is 0.627. The third-order valence-corrected chi connectivity index (χ3v) is 6.09. The first kappa shape index (κ1) is 17.9. The smallest absolute Gasteiger partial charge is 0.131 e. The Hall–Kier alpha value is -3.45. The zero-order chi connectivity index (χ0) is 19.5. The number of thiophene rings is 2. The predicted octanol–water partition coefficient (Wildman–Crippen LogP) is 6.50. The number of benzene rings is 1. The van der Waals surface area contributed by atoms with E-state index in [1.54, 1.807) is 29.5 Å². The van der Waals surface area contributed by atoms with Crippen molar-refractivity contribution in [2.75, 3.05) is 0 Å². The molecule has 1 aromatic carbocycles. The number of halogens is 1. The molecule has 3 nitrogen and oxygen atoms in total. The van der Waals surface area contributed by atoms with E-state index in [9.17, 15) is 4.39 Å². The quantitative estimate of drug-likeness (QED) is 0.366. The van der Waals surface area contributed by atoms with E-state index >= 15 is 0 Å². The van der Waals surface area contributed by atoms with E-state index in [-0.39, 0.29) is 11.4 Å². The van der Waals surface area contributed by atoms with Gasteiger partial charge >= 0.3 is 0 Å². The number of hydrogen-bond acceptors (Lipinski definition) is 4. The Kier molecular flexibility index (Phi) is 4.90. The first-order valence-electron chi connectivity index (χ1n) is 8.33. The van der Waals surface area contributed by atoms with Crippen LogP contribution in [0.15, 0.2) is 71.6 Å². The molecule has 0 bridgehead atoms. The normalized spacial score (nSPS) is 10.2. The minimum atomic E-state index is -0.279. The van der Waals surface area contributed by atoms with Gasteiger partial charge in [-0.25, -0.2) is 4.39 Å². The summed E-state index contributed by atoms with van der Waals surface area (Å²) in [5.41, 5.74) is 2.93. The zero-order valence-electron chi connectivity index (χ0n) is 14.5. The van der Waals surface area contributed by atoms with E-state index in [1.807, 2.05) is 41.8 Å². The maximum Gasteiger partial charge on any atom is 0.131 e. The molecular formula is C22H12FN3S2. The molecule has 3 aromatic heterocycles. The van der Waals surface area contributed by atoms with Crippen molar-refractivity contribution in [2.45, 2.75) is 0 Å². The molecule has 0 fully saturated rings. The van der Waals surface area contributed by atoms with Crippen LogP contribution in [0.4, 0.5) is 4.39 Å². The molecule has 0 aliphatic heterocycles. The van der Waals surface area contributed by atoms with Crippen molar-refractivity contribution >= 4 is 28.7 Å². The van der Waals surface area contributed by atoms with Crippen LogP contribution in [0.5, 0.6) is 0 Å². The molecule has 0 aliphatic carbocycles. The summed E-state index contributed by atoms with van der Waals surface area (Å²) in [6.45, 7) is 0. The SMILES string of the molecule is N#CC(C#N)=Cc1ccc(-c2ccc(-c3cccs3)n2-c2ccc(F)cc2)s1. The topological polar surface area (TPSA) is 52.5 Å². The summed E-state index contributed by atoms with van der Waals surface area (Å²) < 4.78 is 15.6. The Morgan fingerprint density at radius 2 is 1.61 bits per heavy atom. The standard InChI is InChI=1S/C22H12FN3S2/c23-16-3-5-17(6-4-16)26-19(21-2-1-11-27-21)8-9-20(26)22-10-7-18(28-22)12-15(13-24)14-25/h1-12H. The number of aromatic nitrogens is 1. The second-order valence-electron chi connectivity index (χ2n) is 5.88. The molecule has 0 amide bonds. The van der Waals surface area contributed by atoms with Crippen molar-refractivity contribution in [3.8, 4) is 39.0 Å². The highest BCUT2D eigenvalue weighted by Gasteiger charge is 2.15. The molecule has 6 heteroatoms. The van der Waals surface area contributed by atoms with Crippen molar-refractivity contribution in [1.29, 1.82) is 10.5 Å². The van der Waals surface area contributed by atoms with Crippen molar-refractivity contribution in [1.82, 2.24) is 4.57 Å². The predicted molar refractivity (Wildman–Crippen MR) is 112 cm³/mol. The van der Waals surface area contributed by atoms with Crippen LogP contribution in [-0.2, 0) is 0 Å². The van der Waals surface area contributed by atoms with Gasteiger partial charge in [0.25, 0.3) is 0 Å². The molecule has 4 rings (SSSR count). The second kappa shape index (κ2) is 7.66. The van der Waals surface area contributed by atoms with Crippen LogP contribution in [-0.4, -0.2) is 4.57 Å². The number of nitrogens with zero attached hydrogens (tertiary/aromatic N) is 3. The van der Waals surface area contributed by atoms with Gasteiger partial charge in [0.2, 0.25) is 0 Å². The average Bonchev–Trinajstić information content (AvgIpc) is 3.46. The highest BCUT2D eigenvalue weighted by atomic mass is 32.1. The highest BCUT2D eigenvalue weighted by Crippen LogP contribution is 2.37. The Morgan fingerprint density at radius 1 is 0.893 bits per heavy atom. The maximum atomic E-state index is 13.5. The minimum absolute atomic E-state index is 0.0709. The fraction of sp³-hybridized carbons (Fsp3) is 0. The van der Waals surface area contributed by atoms with Gasteiger partial charge in [-0.05, 0) is 66.1 Å². The Labute approximate surface area is 169 Å². The third kappa shape index (κ3) is 3.39. The summed E-state index contributed by atoms with van der Waals surface area (Å²) in [5, 5.41) is 20.0. The van der Waals surface area contributed by atoms with Gasteiger partial charge in [0, 0.05) is 10.6 Å². The van der Waals surface area contributed by atoms with E-state index in [2.05, 4.69) is 16.7 Å². The lowest BCUT2D eigenvalue weighted by Crippen LogP contribution is -1.98. The largest absolute Gasteiger partial charge is 0.308 e. The van der Waals surface area contributed by atoms with Gasteiger partial charge in [-0.3, -0.25) is 0 Å². The number of rotatable bonds is 4. The van der Waals surface area contributed by atoms with Crippen LogP contribution >= 0.6 is 22.7 Å². The van der Waals surface area contributed by atoms with Crippen molar-refractivity contribution in [3.63, 3.8) is 0 Å². The van der Waals surface area contributed by atoms with Gasteiger partial charge in [-0.1, -0.05) is 6.07 Å². The molecular weight excluding hydrogens is 389 g/mol.